The molecule has 0 aliphatic carbocycles. The second kappa shape index (κ2) is 8.87. The van der Waals surface area contributed by atoms with E-state index in [-0.39, 0.29) is 0 Å². The number of pyridine rings is 1. The van der Waals surface area contributed by atoms with Gasteiger partial charge in [0.1, 0.15) is 0 Å². The van der Waals surface area contributed by atoms with E-state index in [0.717, 1.165) is 12.2 Å². The summed E-state index contributed by atoms with van der Waals surface area (Å²) in [5, 5.41) is 2.97. The van der Waals surface area contributed by atoms with E-state index in [9.17, 15) is 0 Å². The SMILES string of the molecule is CC.CNCC=Nc1ccncc1. The first-order valence-corrected chi connectivity index (χ1v) is 4.50. The van der Waals surface area contributed by atoms with Gasteiger partial charge in [0, 0.05) is 25.2 Å². The van der Waals surface area contributed by atoms with Gasteiger partial charge in [0.25, 0.3) is 0 Å². The lowest BCUT2D eigenvalue weighted by molar-refractivity contribution is 0.957. The van der Waals surface area contributed by atoms with Gasteiger partial charge in [0.2, 0.25) is 0 Å². The molecule has 0 unspecified atom stereocenters. The van der Waals surface area contributed by atoms with Gasteiger partial charge >= 0.3 is 0 Å². The molecule has 0 saturated heterocycles. The fraction of sp³-hybridized carbons (Fsp3) is 0.400. The van der Waals surface area contributed by atoms with Gasteiger partial charge in [0.05, 0.1) is 5.69 Å². The maximum absolute atomic E-state index is 4.17. The lowest BCUT2D eigenvalue weighted by Crippen LogP contribution is -2.07. The van der Waals surface area contributed by atoms with Gasteiger partial charge < -0.3 is 5.32 Å². The van der Waals surface area contributed by atoms with Crippen molar-refractivity contribution >= 4 is 11.9 Å². The highest BCUT2D eigenvalue weighted by molar-refractivity contribution is 5.64. The van der Waals surface area contributed by atoms with Crippen molar-refractivity contribution < 1.29 is 0 Å². The van der Waals surface area contributed by atoms with Gasteiger partial charge in [-0.1, -0.05) is 13.8 Å². The standard InChI is InChI=1S/C8H11N3.C2H6/c1-9-6-7-11-8-2-4-10-5-3-8;1-2/h2-5,7,9H,6H2,1H3;1-2H3. The molecule has 72 valence electrons. The highest BCUT2D eigenvalue weighted by Gasteiger charge is 1.81. The third kappa shape index (κ3) is 5.99. The minimum atomic E-state index is 0.794. The van der Waals surface area contributed by atoms with E-state index >= 15 is 0 Å². The largest absolute Gasteiger partial charge is 0.315 e. The van der Waals surface area contributed by atoms with E-state index in [1.54, 1.807) is 12.4 Å². The average molecular weight is 179 g/mol. The van der Waals surface area contributed by atoms with Crippen LogP contribution in [0.25, 0.3) is 0 Å². The van der Waals surface area contributed by atoms with Gasteiger partial charge in [-0.05, 0) is 19.2 Å². The van der Waals surface area contributed by atoms with E-state index in [1.165, 1.54) is 0 Å². The topological polar surface area (TPSA) is 37.3 Å². The van der Waals surface area contributed by atoms with Crippen LogP contribution in [-0.4, -0.2) is 24.8 Å². The van der Waals surface area contributed by atoms with Crippen LogP contribution in [0.1, 0.15) is 13.8 Å². The minimum Gasteiger partial charge on any atom is -0.315 e. The molecule has 0 aromatic carbocycles. The summed E-state index contributed by atoms with van der Waals surface area (Å²) in [5.74, 6) is 0. The second-order valence-corrected chi connectivity index (χ2v) is 2.07. The molecule has 0 aliphatic rings. The number of rotatable bonds is 3. The van der Waals surface area contributed by atoms with Crippen LogP contribution in [-0.2, 0) is 0 Å². The van der Waals surface area contributed by atoms with E-state index in [0.29, 0.717) is 0 Å². The Balaban J connectivity index is 0.000000671. The summed E-state index contributed by atoms with van der Waals surface area (Å²) >= 11 is 0. The third-order valence-electron chi connectivity index (χ3n) is 1.20. The van der Waals surface area contributed by atoms with Crippen LogP contribution in [0.5, 0.6) is 0 Å². The van der Waals surface area contributed by atoms with Gasteiger partial charge in [-0.2, -0.15) is 0 Å². The van der Waals surface area contributed by atoms with Crippen molar-refractivity contribution in [3.8, 4) is 0 Å². The molecule has 3 heteroatoms. The Hall–Kier alpha value is -1.22. The molecule has 3 nitrogen and oxygen atoms in total. The summed E-state index contributed by atoms with van der Waals surface area (Å²) < 4.78 is 0. The van der Waals surface area contributed by atoms with Crippen molar-refractivity contribution in [3.05, 3.63) is 24.5 Å². The van der Waals surface area contributed by atoms with Gasteiger partial charge in [-0.3, -0.25) is 9.98 Å². The van der Waals surface area contributed by atoms with Gasteiger partial charge in [0.15, 0.2) is 0 Å². The first-order valence-electron chi connectivity index (χ1n) is 4.50. The molecule has 1 rings (SSSR count). The number of aromatic nitrogens is 1. The predicted octanol–water partition coefficient (Wildman–Crippen LogP) is 2.03. The van der Waals surface area contributed by atoms with Crippen molar-refractivity contribution in [2.45, 2.75) is 13.8 Å². The van der Waals surface area contributed by atoms with Crippen LogP contribution in [0.2, 0.25) is 0 Å². The van der Waals surface area contributed by atoms with Gasteiger partial charge in [-0.15, -0.1) is 0 Å². The van der Waals surface area contributed by atoms with E-state index in [4.69, 9.17) is 0 Å². The second-order valence-electron chi connectivity index (χ2n) is 2.07. The Bertz CT molecular complexity index is 219. The summed E-state index contributed by atoms with van der Waals surface area (Å²) in [7, 11) is 1.89. The Morgan fingerprint density at radius 1 is 1.38 bits per heavy atom. The zero-order chi connectivity index (χ0) is 9.94. The number of hydrogen-bond donors (Lipinski definition) is 1. The lowest BCUT2D eigenvalue weighted by atomic mass is 10.4. The molecular weight excluding hydrogens is 162 g/mol. The Kier molecular flexibility index (Phi) is 8.04. The first kappa shape index (κ1) is 11.8. The molecule has 1 heterocycles. The fourth-order valence-corrected chi connectivity index (χ4v) is 0.672. The van der Waals surface area contributed by atoms with Crippen molar-refractivity contribution in [1.82, 2.24) is 10.3 Å². The van der Waals surface area contributed by atoms with Crippen molar-refractivity contribution in [3.63, 3.8) is 0 Å². The molecule has 0 atom stereocenters. The van der Waals surface area contributed by atoms with Crippen LogP contribution in [0, 0.1) is 0 Å². The van der Waals surface area contributed by atoms with Crippen molar-refractivity contribution in [1.29, 1.82) is 0 Å². The molecule has 1 aromatic rings. The zero-order valence-corrected chi connectivity index (χ0v) is 8.49. The molecule has 0 aliphatic heterocycles. The monoisotopic (exact) mass is 179 g/mol. The fourth-order valence-electron chi connectivity index (χ4n) is 0.672. The van der Waals surface area contributed by atoms with E-state index in [2.05, 4.69) is 15.3 Å². The number of hydrogen-bond acceptors (Lipinski definition) is 3. The van der Waals surface area contributed by atoms with E-state index in [1.807, 2.05) is 39.2 Å². The van der Waals surface area contributed by atoms with Crippen LogP contribution >= 0.6 is 0 Å². The van der Waals surface area contributed by atoms with Crippen LogP contribution in [0.3, 0.4) is 0 Å². The molecular formula is C10H17N3. The molecule has 0 amide bonds. The van der Waals surface area contributed by atoms with Crippen molar-refractivity contribution in [2.75, 3.05) is 13.6 Å². The normalized spacial score (nSPS) is 9.46. The Labute approximate surface area is 79.9 Å². The first-order chi connectivity index (χ1) is 6.43. The smallest absolute Gasteiger partial charge is 0.0656 e. The highest BCUT2D eigenvalue weighted by Crippen LogP contribution is 2.05. The number of aliphatic imine (C=N–C) groups is 1. The average Bonchev–Trinajstić information content (AvgIpc) is 2.23. The zero-order valence-electron chi connectivity index (χ0n) is 8.49. The maximum atomic E-state index is 4.17. The third-order valence-corrected chi connectivity index (χ3v) is 1.20. The maximum Gasteiger partial charge on any atom is 0.0656 e. The van der Waals surface area contributed by atoms with Crippen LogP contribution < -0.4 is 5.32 Å². The van der Waals surface area contributed by atoms with Crippen molar-refractivity contribution in [2.24, 2.45) is 4.99 Å². The van der Waals surface area contributed by atoms with Gasteiger partial charge in [-0.25, -0.2) is 0 Å². The summed E-state index contributed by atoms with van der Waals surface area (Å²) in [6.07, 6.45) is 5.29. The molecule has 0 spiro atoms. The Morgan fingerprint density at radius 2 is 2.00 bits per heavy atom. The quantitative estimate of drug-likeness (QED) is 0.721. The predicted molar refractivity (Wildman–Crippen MR) is 57.7 cm³/mol. The molecule has 1 aromatic heterocycles. The van der Waals surface area contributed by atoms with Crippen LogP contribution in [0.4, 0.5) is 5.69 Å². The summed E-state index contributed by atoms with van der Waals surface area (Å²) in [6, 6.07) is 3.73. The van der Waals surface area contributed by atoms with E-state index < -0.39 is 0 Å². The molecule has 0 radical (unpaired) electrons. The molecule has 0 saturated carbocycles. The summed E-state index contributed by atoms with van der Waals surface area (Å²) in [5.41, 5.74) is 0.940. The molecule has 0 bridgehead atoms. The highest BCUT2D eigenvalue weighted by atomic mass is 14.8. The molecule has 0 fully saturated rings. The van der Waals surface area contributed by atoms with Crippen LogP contribution in [0.15, 0.2) is 29.5 Å². The summed E-state index contributed by atoms with van der Waals surface area (Å²) in [6.45, 7) is 4.79. The summed E-state index contributed by atoms with van der Waals surface area (Å²) in [4.78, 5) is 8.05. The number of nitrogens with one attached hydrogen (secondary N) is 1. The minimum absolute atomic E-state index is 0.794. The molecule has 1 N–H and O–H groups in total. The number of nitrogens with zero attached hydrogens (tertiary/aromatic N) is 2. The molecule has 13 heavy (non-hydrogen) atoms. The Morgan fingerprint density at radius 3 is 2.54 bits per heavy atom. The lowest BCUT2D eigenvalue weighted by Gasteiger charge is -1.90.